The first-order valence-corrected chi connectivity index (χ1v) is 32.9. The van der Waals surface area contributed by atoms with Gasteiger partial charge in [-0.25, -0.2) is 0 Å². The van der Waals surface area contributed by atoms with Gasteiger partial charge in [-0.2, -0.15) is 0 Å². The fraction of sp³-hybridized carbons (Fsp3) is 0.720. The van der Waals surface area contributed by atoms with E-state index in [0.29, 0.717) is 20.6 Å². The molecular formula is C25H47I3MoN2P2+. The van der Waals surface area contributed by atoms with Crippen molar-refractivity contribution in [1.29, 1.82) is 0 Å². The van der Waals surface area contributed by atoms with Crippen LogP contribution in [0.3, 0.4) is 0 Å². The first-order valence-electron chi connectivity index (χ1n) is 11.6. The SMILES string of the molecule is CC(C)(C)[PH+](CN1[CH-]N(C[PH+](C(C)(C)C)C(C)(C)C)c2ccccc21)C(C)(C)C.[I][Mo]([I])[I]. The number of fused-ring (bicyclic) bond motifs is 1. The summed E-state index contributed by atoms with van der Waals surface area (Å²) < 4.78 is 0. The molecule has 8 heteroatoms. The Hall–Kier alpha value is 2.56. The Kier molecular flexibility index (Phi) is 13.3. The Morgan fingerprint density at radius 1 is 0.636 bits per heavy atom. The van der Waals surface area contributed by atoms with Crippen molar-refractivity contribution in [2.45, 2.75) is 104 Å². The molecule has 1 aliphatic rings. The molecule has 0 atom stereocenters. The van der Waals surface area contributed by atoms with Gasteiger partial charge in [0.15, 0.2) is 0 Å². The molecule has 2 nitrogen and oxygen atoms in total. The number of nitrogens with zero attached hydrogens (tertiary/aromatic N) is 2. The normalized spacial score (nSPS) is 15.3. The van der Waals surface area contributed by atoms with Crippen LogP contribution in [0.1, 0.15) is 83.1 Å². The van der Waals surface area contributed by atoms with Crippen molar-refractivity contribution >= 4 is 85.3 Å². The summed E-state index contributed by atoms with van der Waals surface area (Å²) in [7, 11) is -1.26. The van der Waals surface area contributed by atoms with E-state index in [9.17, 15) is 0 Å². The molecule has 0 aromatic heterocycles. The van der Waals surface area contributed by atoms with Crippen LogP contribution in [0, 0.1) is 6.67 Å². The Balaban J connectivity index is 0.00000125. The van der Waals surface area contributed by atoms with Gasteiger partial charge in [0.2, 0.25) is 0 Å². The molecule has 1 aliphatic heterocycles. The molecule has 0 spiro atoms. The van der Waals surface area contributed by atoms with Gasteiger partial charge < -0.3 is 9.80 Å². The van der Waals surface area contributed by atoms with Gasteiger partial charge in [-0.15, -0.1) is 6.67 Å². The predicted octanol–water partition coefficient (Wildman–Crippen LogP) is 10.6. The first kappa shape index (κ1) is 33.6. The summed E-state index contributed by atoms with van der Waals surface area (Å²) in [6.07, 6.45) is 1.88. The molecule has 2 rings (SSSR count). The molecule has 0 radical (unpaired) electrons. The molecule has 1 aromatic rings. The molecule has 0 saturated carbocycles. The van der Waals surface area contributed by atoms with Gasteiger partial charge in [-0.3, -0.25) is 0 Å². The fourth-order valence-electron chi connectivity index (χ4n) is 5.03. The summed E-state index contributed by atoms with van der Waals surface area (Å²) in [5, 5.41) is 1.46. The van der Waals surface area contributed by atoms with Crippen molar-refractivity contribution in [3.63, 3.8) is 0 Å². The Morgan fingerprint density at radius 2 is 0.879 bits per heavy atom. The second kappa shape index (κ2) is 13.1. The maximum atomic E-state index is 2.57. The zero-order valence-corrected chi connectivity index (χ0v) is 33.2. The third-order valence-electron chi connectivity index (χ3n) is 6.06. The van der Waals surface area contributed by atoms with Gasteiger partial charge in [0, 0.05) is 27.2 Å². The molecule has 0 fully saturated rings. The van der Waals surface area contributed by atoms with Crippen LogP contribution in [0.4, 0.5) is 11.4 Å². The van der Waals surface area contributed by atoms with Crippen LogP contribution in [0.2, 0.25) is 0 Å². The second-order valence-electron chi connectivity index (χ2n) is 13.0. The number of hydrogen-bond acceptors (Lipinski definition) is 2. The Morgan fingerprint density at radius 3 is 1.09 bits per heavy atom. The molecule has 33 heavy (non-hydrogen) atoms. The molecule has 193 valence electrons. The van der Waals surface area contributed by atoms with Crippen LogP contribution < -0.4 is 9.80 Å². The minimum atomic E-state index is -0.631. The van der Waals surface area contributed by atoms with E-state index in [1.807, 2.05) is 0 Å². The number of anilines is 2. The fourth-order valence-corrected chi connectivity index (χ4v) is 12.6. The van der Waals surface area contributed by atoms with Crippen molar-refractivity contribution in [3.8, 4) is 0 Å². The summed E-state index contributed by atoms with van der Waals surface area (Å²) in [5.74, 6) is 0. The Bertz CT molecular complexity index is 660. The van der Waals surface area contributed by atoms with Gasteiger partial charge in [-0.1, -0.05) is 12.1 Å². The van der Waals surface area contributed by atoms with Crippen molar-refractivity contribution in [2.24, 2.45) is 0 Å². The van der Waals surface area contributed by atoms with E-state index in [-0.39, 0.29) is 0 Å². The van der Waals surface area contributed by atoms with E-state index in [0.717, 1.165) is 12.6 Å². The summed E-state index contributed by atoms with van der Waals surface area (Å²) in [4.78, 5) is 5.15. The third-order valence-corrected chi connectivity index (χ3v) is 14.6. The van der Waals surface area contributed by atoms with Crippen LogP contribution >= 0.6 is 73.9 Å². The zero-order chi connectivity index (χ0) is 26.0. The standard InChI is InChI=1S/C25H45N2P2.3HI.Mo/c1-22(2,3)28(23(4,5)6)18-26-17-27(21-16-14-13-15-20(21)26)19-29(24(7,8)9)25(10,11)12;;;;/h13-17H,18-19H2,1-12H3;3*1H;/q-1;;;;+3/p-1. The topological polar surface area (TPSA) is 6.48 Å². The molecular weight excluding hydrogens is 867 g/mol. The molecule has 1 aromatic carbocycles. The summed E-state index contributed by atoms with van der Waals surface area (Å²) in [6, 6.07) is 9.03. The molecule has 0 amide bonds. The van der Waals surface area contributed by atoms with Crippen LogP contribution in [-0.2, 0) is 6.27 Å². The molecule has 0 unspecified atom stereocenters. The number of halogens is 3. The van der Waals surface area contributed by atoms with E-state index in [2.05, 4.69) is 182 Å². The number of hydrogen-bond donors (Lipinski definition) is 0. The summed E-state index contributed by atoms with van der Waals surface area (Å²) >= 11 is 7.46. The summed E-state index contributed by atoms with van der Waals surface area (Å²) in [6.45, 7) is 31.7. The monoisotopic (exact) mass is 916 g/mol. The van der Waals surface area contributed by atoms with Crippen LogP contribution in [-0.4, -0.2) is 33.2 Å². The average molecular weight is 914 g/mol. The Labute approximate surface area is 245 Å². The van der Waals surface area contributed by atoms with E-state index in [1.54, 1.807) is 0 Å². The average Bonchev–Trinajstić information content (AvgIpc) is 2.91. The number of rotatable bonds is 4. The molecule has 0 saturated heterocycles. The van der Waals surface area contributed by atoms with E-state index in [4.69, 9.17) is 0 Å². The third kappa shape index (κ3) is 11.1. The van der Waals surface area contributed by atoms with Gasteiger partial charge in [0.05, 0.1) is 20.6 Å². The van der Waals surface area contributed by atoms with Gasteiger partial charge in [-0.05, 0) is 95.2 Å². The number of benzene rings is 1. The molecule has 0 aliphatic carbocycles. The summed E-state index contributed by atoms with van der Waals surface area (Å²) in [5.41, 5.74) is 2.79. The zero-order valence-electron chi connectivity index (χ0n) is 22.7. The van der Waals surface area contributed by atoms with E-state index >= 15 is 0 Å². The van der Waals surface area contributed by atoms with Crippen molar-refractivity contribution in [1.82, 2.24) is 0 Å². The minimum absolute atomic E-state index is 0.366. The van der Waals surface area contributed by atoms with E-state index in [1.165, 1.54) is 11.4 Å². The van der Waals surface area contributed by atoms with Gasteiger partial charge in [0.25, 0.3) is 0 Å². The van der Waals surface area contributed by atoms with Crippen molar-refractivity contribution in [2.75, 3.05) is 22.4 Å². The molecule has 0 bridgehead atoms. The first-order chi connectivity index (χ1) is 14.7. The maximum absolute atomic E-state index is 2.57. The quantitative estimate of drug-likeness (QED) is 0.129. The van der Waals surface area contributed by atoms with Crippen LogP contribution in [0.25, 0.3) is 0 Å². The van der Waals surface area contributed by atoms with E-state index < -0.39 is 22.1 Å². The molecule has 0 N–H and O–H groups in total. The van der Waals surface area contributed by atoms with Crippen LogP contribution in [0.5, 0.6) is 0 Å². The number of para-hydroxylation sites is 2. The van der Waals surface area contributed by atoms with Crippen molar-refractivity contribution < 1.29 is 6.27 Å². The predicted molar refractivity (Wildman–Crippen MR) is 183 cm³/mol. The van der Waals surface area contributed by atoms with Gasteiger partial charge in [0.1, 0.15) is 12.6 Å². The second-order valence-corrected chi connectivity index (χ2v) is 67.9. The van der Waals surface area contributed by atoms with Gasteiger partial charge >= 0.3 is 64.3 Å². The molecule has 1 heterocycles. The van der Waals surface area contributed by atoms with Crippen LogP contribution in [0.15, 0.2) is 24.3 Å². The van der Waals surface area contributed by atoms with Crippen molar-refractivity contribution in [3.05, 3.63) is 30.9 Å².